The Morgan fingerprint density at radius 1 is 1.29 bits per heavy atom. The normalized spacial score (nSPS) is 11.5. The van der Waals surface area contributed by atoms with Crippen LogP contribution < -0.4 is 10.6 Å². The van der Waals surface area contributed by atoms with E-state index in [1.807, 2.05) is 62.2 Å². The summed E-state index contributed by atoms with van der Waals surface area (Å²) in [6, 6.07) is 11.8. The van der Waals surface area contributed by atoms with Crippen LogP contribution in [0.1, 0.15) is 22.5 Å². The maximum absolute atomic E-state index is 8.94. The predicted molar refractivity (Wildman–Crippen MR) is 84.8 cm³/mol. The molecule has 0 saturated heterocycles. The minimum Gasteiger partial charge on any atom is -0.409 e. The molecule has 0 aliphatic heterocycles. The Labute approximate surface area is 124 Å². The average Bonchev–Trinajstić information content (AvgIpc) is 2.46. The fourth-order valence-electron chi connectivity index (χ4n) is 2.26. The molecule has 0 fully saturated rings. The van der Waals surface area contributed by atoms with Crippen LogP contribution in [0, 0.1) is 13.8 Å². The maximum Gasteiger partial charge on any atom is 0.172 e. The highest BCUT2D eigenvalue weighted by Gasteiger charge is 2.12. The Morgan fingerprint density at radius 3 is 2.71 bits per heavy atom. The summed E-state index contributed by atoms with van der Waals surface area (Å²) in [5.74, 6) is 0.109. The van der Waals surface area contributed by atoms with E-state index in [0.717, 1.165) is 22.6 Å². The highest BCUT2D eigenvalue weighted by molar-refractivity contribution is 6.02. The van der Waals surface area contributed by atoms with Crippen molar-refractivity contribution in [3.63, 3.8) is 0 Å². The number of hydrogen-bond acceptors (Lipinski definition) is 4. The van der Waals surface area contributed by atoms with Gasteiger partial charge in [0.05, 0.1) is 12.2 Å². The molecular formula is C16H20N4O. The molecule has 1 aromatic carbocycles. The largest absolute Gasteiger partial charge is 0.409 e. The van der Waals surface area contributed by atoms with Gasteiger partial charge in [-0.1, -0.05) is 22.9 Å². The zero-order chi connectivity index (χ0) is 15.4. The number of aryl methyl sites for hydroxylation is 2. The van der Waals surface area contributed by atoms with Gasteiger partial charge in [0.2, 0.25) is 0 Å². The van der Waals surface area contributed by atoms with Gasteiger partial charge >= 0.3 is 0 Å². The van der Waals surface area contributed by atoms with E-state index in [0.29, 0.717) is 12.1 Å². The standard InChI is InChI=1S/C16H20N4O/c1-11-7-8-15(14(9-11)16(17)19-21)20(3)10-13-6-4-5-12(2)18-13/h4-9,21H,10H2,1-3H3,(H2,17,19). The lowest BCUT2D eigenvalue weighted by Gasteiger charge is -2.22. The SMILES string of the molecule is Cc1ccc(N(C)Cc2cccc(C)n2)c(/C(N)=N/O)c1. The van der Waals surface area contributed by atoms with Crippen molar-refractivity contribution in [2.75, 3.05) is 11.9 Å². The van der Waals surface area contributed by atoms with Crippen LogP contribution in [0.15, 0.2) is 41.6 Å². The summed E-state index contributed by atoms with van der Waals surface area (Å²) in [6.07, 6.45) is 0. The van der Waals surface area contributed by atoms with Crippen LogP contribution in [0.25, 0.3) is 0 Å². The first-order valence-electron chi connectivity index (χ1n) is 6.73. The quantitative estimate of drug-likeness (QED) is 0.391. The maximum atomic E-state index is 8.94. The van der Waals surface area contributed by atoms with Crippen LogP contribution in [0.3, 0.4) is 0 Å². The third-order valence-electron chi connectivity index (χ3n) is 3.29. The number of benzene rings is 1. The van der Waals surface area contributed by atoms with E-state index in [9.17, 15) is 0 Å². The van der Waals surface area contributed by atoms with Crippen LogP contribution in [0.5, 0.6) is 0 Å². The van der Waals surface area contributed by atoms with E-state index in [1.54, 1.807) is 0 Å². The van der Waals surface area contributed by atoms with Crippen molar-refractivity contribution in [1.82, 2.24) is 4.98 Å². The number of nitrogens with two attached hydrogens (primary N) is 1. The first-order chi connectivity index (χ1) is 10.0. The van der Waals surface area contributed by atoms with E-state index in [1.165, 1.54) is 0 Å². The van der Waals surface area contributed by atoms with Gasteiger partial charge in [-0.05, 0) is 38.1 Å². The molecule has 0 bridgehead atoms. The Kier molecular flexibility index (Phi) is 4.42. The summed E-state index contributed by atoms with van der Waals surface area (Å²) < 4.78 is 0. The lowest BCUT2D eigenvalue weighted by molar-refractivity contribution is 0.318. The zero-order valence-electron chi connectivity index (χ0n) is 12.5. The van der Waals surface area contributed by atoms with Gasteiger partial charge in [-0.3, -0.25) is 4.98 Å². The molecule has 1 heterocycles. The minimum atomic E-state index is 0.109. The molecule has 0 amide bonds. The van der Waals surface area contributed by atoms with E-state index < -0.39 is 0 Å². The predicted octanol–water partition coefficient (Wildman–Crippen LogP) is 2.43. The molecule has 0 aliphatic carbocycles. The lowest BCUT2D eigenvalue weighted by Crippen LogP contribution is -2.23. The summed E-state index contributed by atoms with van der Waals surface area (Å²) in [5.41, 5.74) is 10.4. The van der Waals surface area contributed by atoms with Gasteiger partial charge in [0.1, 0.15) is 0 Å². The third-order valence-corrected chi connectivity index (χ3v) is 3.29. The van der Waals surface area contributed by atoms with Gasteiger partial charge in [-0.15, -0.1) is 0 Å². The summed E-state index contributed by atoms with van der Waals surface area (Å²) in [4.78, 5) is 6.53. The second kappa shape index (κ2) is 6.26. The molecule has 5 heteroatoms. The van der Waals surface area contributed by atoms with Crippen molar-refractivity contribution in [1.29, 1.82) is 0 Å². The molecule has 0 atom stereocenters. The summed E-state index contributed by atoms with van der Waals surface area (Å²) in [5, 5.41) is 12.1. The fraction of sp³-hybridized carbons (Fsp3) is 0.250. The molecule has 0 saturated carbocycles. The Bertz CT molecular complexity index is 667. The van der Waals surface area contributed by atoms with Gasteiger partial charge in [0.25, 0.3) is 0 Å². The third kappa shape index (κ3) is 3.51. The number of pyridine rings is 1. The van der Waals surface area contributed by atoms with Crippen LogP contribution in [0.2, 0.25) is 0 Å². The van der Waals surface area contributed by atoms with Gasteiger partial charge in [0.15, 0.2) is 5.84 Å². The number of nitrogens with zero attached hydrogens (tertiary/aromatic N) is 3. The van der Waals surface area contributed by atoms with Crippen molar-refractivity contribution in [2.24, 2.45) is 10.9 Å². The van der Waals surface area contributed by atoms with E-state index in [2.05, 4.69) is 10.1 Å². The Morgan fingerprint density at radius 2 is 2.05 bits per heavy atom. The second-order valence-corrected chi connectivity index (χ2v) is 5.13. The topological polar surface area (TPSA) is 74.7 Å². The first-order valence-corrected chi connectivity index (χ1v) is 6.73. The number of oxime groups is 1. The second-order valence-electron chi connectivity index (χ2n) is 5.13. The number of aromatic nitrogens is 1. The molecule has 2 aromatic rings. The van der Waals surface area contributed by atoms with E-state index in [4.69, 9.17) is 10.9 Å². The van der Waals surface area contributed by atoms with Crippen molar-refractivity contribution >= 4 is 11.5 Å². The van der Waals surface area contributed by atoms with Crippen LogP contribution in [-0.4, -0.2) is 23.1 Å². The van der Waals surface area contributed by atoms with Crippen molar-refractivity contribution in [2.45, 2.75) is 20.4 Å². The molecule has 110 valence electrons. The Hall–Kier alpha value is -2.56. The van der Waals surface area contributed by atoms with Crippen molar-refractivity contribution in [3.8, 4) is 0 Å². The molecule has 0 aliphatic rings. The highest BCUT2D eigenvalue weighted by Crippen LogP contribution is 2.22. The molecule has 5 nitrogen and oxygen atoms in total. The average molecular weight is 284 g/mol. The van der Waals surface area contributed by atoms with Crippen molar-refractivity contribution < 1.29 is 5.21 Å². The molecule has 3 N–H and O–H groups in total. The molecule has 0 unspecified atom stereocenters. The molecule has 21 heavy (non-hydrogen) atoms. The minimum absolute atomic E-state index is 0.109. The van der Waals surface area contributed by atoms with Gasteiger partial charge in [-0.2, -0.15) is 0 Å². The van der Waals surface area contributed by atoms with Gasteiger partial charge < -0.3 is 15.8 Å². The van der Waals surface area contributed by atoms with Gasteiger partial charge in [-0.25, -0.2) is 0 Å². The molecule has 1 aromatic heterocycles. The van der Waals surface area contributed by atoms with Crippen LogP contribution >= 0.6 is 0 Å². The number of amidine groups is 1. The monoisotopic (exact) mass is 284 g/mol. The Balaban J connectivity index is 2.33. The van der Waals surface area contributed by atoms with Crippen LogP contribution in [0.4, 0.5) is 5.69 Å². The number of hydrogen-bond donors (Lipinski definition) is 2. The van der Waals surface area contributed by atoms with Crippen molar-refractivity contribution in [3.05, 3.63) is 58.9 Å². The van der Waals surface area contributed by atoms with E-state index >= 15 is 0 Å². The molecular weight excluding hydrogens is 264 g/mol. The van der Waals surface area contributed by atoms with Crippen LogP contribution in [-0.2, 0) is 6.54 Å². The number of rotatable bonds is 4. The van der Waals surface area contributed by atoms with E-state index in [-0.39, 0.29) is 5.84 Å². The molecule has 2 rings (SSSR count). The summed E-state index contributed by atoms with van der Waals surface area (Å²) >= 11 is 0. The van der Waals surface area contributed by atoms with Gasteiger partial charge in [0, 0.05) is 24.0 Å². The molecule has 0 spiro atoms. The summed E-state index contributed by atoms with van der Waals surface area (Å²) in [7, 11) is 1.96. The highest BCUT2D eigenvalue weighted by atomic mass is 16.4. The zero-order valence-corrected chi connectivity index (χ0v) is 12.5. The molecule has 0 radical (unpaired) electrons. The smallest absolute Gasteiger partial charge is 0.172 e. The lowest BCUT2D eigenvalue weighted by atomic mass is 10.1. The summed E-state index contributed by atoms with van der Waals surface area (Å²) in [6.45, 7) is 4.59. The fourth-order valence-corrected chi connectivity index (χ4v) is 2.26. The number of anilines is 1. The first kappa shape index (κ1) is 14.8.